The summed E-state index contributed by atoms with van der Waals surface area (Å²) in [7, 11) is 1.84. The second kappa shape index (κ2) is 10.0. The third kappa shape index (κ3) is 4.77. The Labute approximate surface area is 185 Å². The van der Waals surface area contributed by atoms with E-state index in [1.165, 1.54) is 24.8 Å². The predicted molar refractivity (Wildman–Crippen MR) is 127 cm³/mol. The van der Waals surface area contributed by atoms with Crippen molar-refractivity contribution in [3.8, 4) is 5.75 Å². The summed E-state index contributed by atoms with van der Waals surface area (Å²) in [6.45, 7) is 5.63. The average Bonchev–Trinajstić information content (AvgIpc) is 2.82. The van der Waals surface area contributed by atoms with Gasteiger partial charge in [-0.3, -0.25) is 0 Å². The van der Waals surface area contributed by atoms with Crippen LogP contribution < -0.4 is 10.2 Å². The zero-order valence-electron chi connectivity index (χ0n) is 18.6. The van der Waals surface area contributed by atoms with E-state index in [0.29, 0.717) is 12.4 Å². The molecule has 0 aliphatic carbocycles. The van der Waals surface area contributed by atoms with Gasteiger partial charge in [0.15, 0.2) is 0 Å². The molecule has 5 heteroatoms. The molecule has 0 aromatic heterocycles. The average molecular weight is 420 g/mol. The lowest BCUT2D eigenvalue weighted by Gasteiger charge is -2.37. The van der Waals surface area contributed by atoms with Crippen molar-refractivity contribution in [3.05, 3.63) is 71.3 Å². The second-order valence-corrected chi connectivity index (χ2v) is 8.49. The Morgan fingerprint density at radius 3 is 2.52 bits per heavy atom. The number of fused-ring (bicyclic) bond motifs is 1. The van der Waals surface area contributed by atoms with Gasteiger partial charge in [0, 0.05) is 36.7 Å². The molecule has 2 aromatic rings. The lowest BCUT2D eigenvalue weighted by atomic mass is 9.76. The van der Waals surface area contributed by atoms with Gasteiger partial charge >= 0.3 is 0 Å². The number of hydrazone groups is 1. The zero-order chi connectivity index (χ0) is 21.6. The maximum absolute atomic E-state index is 11.3. The predicted octanol–water partition coefficient (Wildman–Crippen LogP) is 4.83. The lowest BCUT2D eigenvalue weighted by Crippen LogP contribution is -2.40. The Bertz CT molecular complexity index is 933. The summed E-state index contributed by atoms with van der Waals surface area (Å²) in [5.74, 6) is 1.19. The van der Waals surface area contributed by atoms with Gasteiger partial charge in [-0.1, -0.05) is 48.9 Å². The first-order chi connectivity index (χ1) is 15.2. The van der Waals surface area contributed by atoms with Crippen molar-refractivity contribution in [2.45, 2.75) is 32.1 Å². The Balaban J connectivity index is 1.80. The van der Waals surface area contributed by atoms with Crippen molar-refractivity contribution < 1.29 is 9.84 Å². The number of likely N-dealkylation sites (tertiary alicyclic amines) is 1. The molecule has 0 amide bonds. The van der Waals surface area contributed by atoms with Crippen molar-refractivity contribution in [1.82, 2.24) is 10.3 Å². The molecular weight excluding hydrogens is 386 g/mol. The molecule has 2 heterocycles. The SMILES string of the molecule is CN/N=C(\C)[C@@H](CN1CCCCC1)[C@H](C1=C(O)c2ccccc2OC1)c1ccccc1. The van der Waals surface area contributed by atoms with Gasteiger partial charge in [-0.05, 0) is 50.6 Å². The molecule has 4 rings (SSSR count). The highest BCUT2D eigenvalue weighted by molar-refractivity contribution is 5.86. The molecule has 2 atom stereocenters. The maximum Gasteiger partial charge on any atom is 0.130 e. The molecule has 0 radical (unpaired) electrons. The number of hydrogen-bond acceptors (Lipinski definition) is 5. The molecule has 2 aliphatic rings. The number of aliphatic hydroxyl groups is 1. The number of benzene rings is 2. The highest BCUT2D eigenvalue weighted by Crippen LogP contribution is 2.41. The Morgan fingerprint density at radius 1 is 1.06 bits per heavy atom. The van der Waals surface area contributed by atoms with E-state index >= 15 is 0 Å². The first-order valence-electron chi connectivity index (χ1n) is 11.3. The van der Waals surface area contributed by atoms with Crippen molar-refractivity contribution in [2.75, 3.05) is 33.3 Å². The van der Waals surface area contributed by atoms with Crippen molar-refractivity contribution in [2.24, 2.45) is 11.0 Å². The topological polar surface area (TPSA) is 57.1 Å². The van der Waals surface area contributed by atoms with Crippen LogP contribution in [0.5, 0.6) is 5.75 Å². The number of rotatable bonds is 7. The molecule has 0 spiro atoms. The molecule has 2 N–H and O–H groups in total. The van der Waals surface area contributed by atoms with E-state index in [0.717, 1.165) is 42.2 Å². The third-order valence-corrected chi connectivity index (χ3v) is 6.49. The number of ether oxygens (including phenoxy) is 1. The number of aliphatic hydroxyl groups excluding tert-OH is 1. The van der Waals surface area contributed by atoms with Crippen LogP contribution in [0.25, 0.3) is 5.76 Å². The highest BCUT2D eigenvalue weighted by Gasteiger charge is 2.35. The summed E-state index contributed by atoms with van der Waals surface area (Å²) in [5.41, 5.74) is 6.90. The fourth-order valence-corrected chi connectivity index (χ4v) is 4.92. The van der Waals surface area contributed by atoms with E-state index < -0.39 is 0 Å². The Hall–Kier alpha value is -2.79. The summed E-state index contributed by atoms with van der Waals surface area (Å²) >= 11 is 0. The number of nitrogens with one attached hydrogen (secondary N) is 1. The van der Waals surface area contributed by atoms with E-state index in [9.17, 15) is 5.11 Å². The van der Waals surface area contributed by atoms with Gasteiger partial charge in [-0.25, -0.2) is 0 Å². The van der Waals surface area contributed by atoms with Gasteiger partial charge in [0.2, 0.25) is 0 Å². The fraction of sp³-hybridized carbons (Fsp3) is 0.423. The molecule has 0 bridgehead atoms. The fourth-order valence-electron chi connectivity index (χ4n) is 4.92. The number of piperidine rings is 1. The monoisotopic (exact) mass is 419 g/mol. The second-order valence-electron chi connectivity index (χ2n) is 8.49. The first kappa shape index (κ1) is 21.4. The van der Waals surface area contributed by atoms with Crippen molar-refractivity contribution in [1.29, 1.82) is 0 Å². The van der Waals surface area contributed by atoms with Gasteiger partial charge in [0.25, 0.3) is 0 Å². The van der Waals surface area contributed by atoms with Crippen LogP contribution in [0.4, 0.5) is 0 Å². The summed E-state index contributed by atoms with van der Waals surface area (Å²) in [5, 5.41) is 15.9. The van der Waals surface area contributed by atoms with Crippen LogP contribution in [-0.2, 0) is 0 Å². The molecule has 2 aromatic carbocycles. The minimum Gasteiger partial charge on any atom is -0.507 e. The standard InChI is InChI=1S/C26H33N3O2/c1-19(28-27-2)22(17-29-15-9-4-10-16-29)25(20-11-5-3-6-12-20)23-18-31-24-14-8-7-13-21(24)26(23)30/h3,5-8,11-14,22,25,27,30H,4,9-10,15-18H2,1-2H3/b28-19+/t22-,25-/m1/s1. The van der Waals surface area contributed by atoms with Gasteiger partial charge in [0.05, 0.1) is 5.56 Å². The molecule has 164 valence electrons. The van der Waals surface area contributed by atoms with Gasteiger partial charge < -0.3 is 20.2 Å². The van der Waals surface area contributed by atoms with Crippen LogP contribution in [0.15, 0.2) is 65.3 Å². The summed E-state index contributed by atoms with van der Waals surface area (Å²) < 4.78 is 6.10. The van der Waals surface area contributed by atoms with E-state index in [1.54, 1.807) is 0 Å². The molecule has 0 saturated carbocycles. The van der Waals surface area contributed by atoms with Crippen LogP contribution >= 0.6 is 0 Å². The molecular formula is C26H33N3O2. The molecule has 1 fully saturated rings. The van der Waals surface area contributed by atoms with E-state index in [4.69, 9.17) is 4.74 Å². The summed E-state index contributed by atoms with van der Waals surface area (Å²) in [6, 6.07) is 18.2. The summed E-state index contributed by atoms with van der Waals surface area (Å²) in [4.78, 5) is 2.55. The van der Waals surface area contributed by atoms with Crippen LogP contribution in [0.2, 0.25) is 0 Å². The van der Waals surface area contributed by atoms with Crippen molar-refractivity contribution >= 4 is 11.5 Å². The molecule has 0 unspecified atom stereocenters. The molecule has 5 nitrogen and oxygen atoms in total. The van der Waals surface area contributed by atoms with E-state index in [-0.39, 0.29) is 11.8 Å². The van der Waals surface area contributed by atoms with Crippen LogP contribution in [-0.4, -0.2) is 49.0 Å². The van der Waals surface area contributed by atoms with Gasteiger partial charge in [-0.15, -0.1) is 0 Å². The molecule has 31 heavy (non-hydrogen) atoms. The van der Waals surface area contributed by atoms with Crippen LogP contribution in [0.3, 0.4) is 0 Å². The summed E-state index contributed by atoms with van der Waals surface area (Å²) in [6.07, 6.45) is 3.80. The third-order valence-electron chi connectivity index (χ3n) is 6.49. The van der Waals surface area contributed by atoms with E-state index in [2.05, 4.69) is 46.6 Å². The molecule has 1 saturated heterocycles. The maximum atomic E-state index is 11.3. The highest BCUT2D eigenvalue weighted by atomic mass is 16.5. The van der Waals surface area contributed by atoms with Crippen LogP contribution in [0, 0.1) is 5.92 Å². The van der Waals surface area contributed by atoms with Crippen molar-refractivity contribution in [3.63, 3.8) is 0 Å². The smallest absolute Gasteiger partial charge is 0.130 e. The first-order valence-corrected chi connectivity index (χ1v) is 11.3. The minimum absolute atomic E-state index is 0.0198. The Kier molecular flexibility index (Phi) is 6.92. The number of para-hydroxylation sites is 1. The van der Waals surface area contributed by atoms with Crippen LogP contribution in [0.1, 0.15) is 43.2 Å². The zero-order valence-corrected chi connectivity index (χ0v) is 18.6. The number of nitrogens with zero attached hydrogens (tertiary/aromatic N) is 2. The largest absolute Gasteiger partial charge is 0.507 e. The molecule has 2 aliphatic heterocycles. The van der Waals surface area contributed by atoms with E-state index in [1.807, 2.05) is 37.4 Å². The number of hydrogen-bond donors (Lipinski definition) is 2. The lowest BCUT2D eigenvalue weighted by molar-refractivity contribution is 0.204. The quantitative estimate of drug-likeness (QED) is 0.499. The van der Waals surface area contributed by atoms with Gasteiger partial charge in [-0.2, -0.15) is 5.10 Å². The minimum atomic E-state index is -0.0198. The van der Waals surface area contributed by atoms with Gasteiger partial charge in [0.1, 0.15) is 18.1 Å². The Morgan fingerprint density at radius 2 is 1.77 bits per heavy atom. The normalized spacial score (nSPS) is 19.4.